The van der Waals surface area contributed by atoms with Crippen molar-refractivity contribution in [2.45, 2.75) is 45.3 Å². The van der Waals surface area contributed by atoms with Crippen LogP contribution >= 0.6 is 15.9 Å². The van der Waals surface area contributed by atoms with Crippen molar-refractivity contribution in [1.29, 1.82) is 0 Å². The Morgan fingerprint density at radius 3 is 2.65 bits per heavy atom. The minimum Gasteiger partial charge on any atom is -0.379 e. The van der Waals surface area contributed by atoms with Crippen LogP contribution in [-0.2, 0) is 4.74 Å². The van der Waals surface area contributed by atoms with Gasteiger partial charge in [-0.1, -0.05) is 34.1 Å². The first-order valence-corrected chi connectivity index (χ1v) is 6.72. The van der Waals surface area contributed by atoms with E-state index in [1.54, 1.807) is 7.11 Å². The third-order valence-electron chi connectivity index (χ3n) is 3.23. The zero-order valence-corrected chi connectivity index (χ0v) is 12.7. The molecule has 0 amide bonds. The monoisotopic (exact) mass is 299 g/mol. The number of halogens is 1. The van der Waals surface area contributed by atoms with E-state index in [1.807, 2.05) is 0 Å². The molecule has 0 spiro atoms. The number of hydrogen-bond acceptors (Lipinski definition) is 2. The second-order valence-electron chi connectivity index (χ2n) is 5.09. The van der Waals surface area contributed by atoms with Crippen molar-refractivity contribution in [3.8, 4) is 0 Å². The van der Waals surface area contributed by atoms with E-state index in [0.717, 1.165) is 17.3 Å². The fourth-order valence-corrected chi connectivity index (χ4v) is 2.28. The summed E-state index contributed by atoms with van der Waals surface area (Å²) in [7, 11) is 1.74. The minimum atomic E-state index is -0.103. The van der Waals surface area contributed by atoms with Gasteiger partial charge in [-0.05, 0) is 44.7 Å². The van der Waals surface area contributed by atoms with Gasteiger partial charge in [0.1, 0.15) is 0 Å². The lowest BCUT2D eigenvalue weighted by Gasteiger charge is -2.25. The smallest absolute Gasteiger partial charge is 0.0623 e. The summed E-state index contributed by atoms with van der Waals surface area (Å²) in [5, 5.41) is 0. The third-order valence-corrected chi connectivity index (χ3v) is 4.31. The largest absolute Gasteiger partial charge is 0.379 e. The summed E-state index contributed by atoms with van der Waals surface area (Å²) in [4.78, 5) is 0. The van der Waals surface area contributed by atoms with Gasteiger partial charge in [-0.15, -0.1) is 0 Å². The number of rotatable bonds is 5. The summed E-state index contributed by atoms with van der Waals surface area (Å²) >= 11 is 3.61. The molecule has 96 valence electrons. The number of methoxy groups -OCH3 is 1. The van der Waals surface area contributed by atoms with Crippen LogP contribution in [0.4, 0.5) is 0 Å². The second-order valence-corrected chi connectivity index (χ2v) is 5.88. The van der Waals surface area contributed by atoms with Crippen LogP contribution in [0.2, 0.25) is 0 Å². The molecule has 0 fully saturated rings. The Bertz CT molecular complexity index is 376. The predicted molar refractivity (Wildman–Crippen MR) is 76.1 cm³/mol. The molecule has 0 bridgehead atoms. The maximum Gasteiger partial charge on any atom is 0.0623 e. The maximum absolute atomic E-state index is 6.24. The zero-order valence-electron chi connectivity index (χ0n) is 11.1. The van der Waals surface area contributed by atoms with E-state index in [2.05, 4.69) is 54.9 Å². The molecule has 1 aromatic carbocycles. The molecule has 17 heavy (non-hydrogen) atoms. The van der Waals surface area contributed by atoms with Crippen LogP contribution in [0, 0.1) is 6.92 Å². The molecule has 0 aromatic heterocycles. The van der Waals surface area contributed by atoms with Crippen molar-refractivity contribution in [2.75, 3.05) is 7.11 Å². The lowest BCUT2D eigenvalue weighted by atomic mass is 9.95. The molecule has 0 aliphatic rings. The van der Waals surface area contributed by atoms with Gasteiger partial charge in [0, 0.05) is 17.6 Å². The first-order valence-electron chi connectivity index (χ1n) is 5.93. The van der Waals surface area contributed by atoms with Crippen molar-refractivity contribution in [3.63, 3.8) is 0 Å². The van der Waals surface area contributed by atoms with E-state index < -0.39 is 0 Å². The summed E-state index contributed by atoms with van der Waals surface area (Å²) in [6, 6.07) is 6.27. The molecule has 0 heterocycles. The molecule has 1 aromatic rings. The lowest BCUT2D eigenvalue weighted by Crippen LogP contribution is -2.24. The lowest BCUT2D eigenvalue weighted by molar-refractivity contribution is 0.0125. The predicted octanol–water partition coefficient (Wildman–Crippen LogP) is 3.96. The molecule has 1 rings (SSSR count). The van der Waals surface area contributed by atoms with Gasteiger partial charge in [0.2, 0.25) is 0 Å². The molecule has 2 nitrogen and oxygen atoms in total. The highest BCUT2D eigenvalue weighted by Gasteiger charge is 2.19. The molecular formula is C14H22BrNO. The first-order chi connectivity index (χ1) is 7.87. The summed E-state index contributed by atoms with van der Waals surface area (Å²) in [6.07, 6.45) is 1.87. The average Bonchev–Trinajstić information content (AvgIpc) is 2.30. The first kappa shape index (κ1) is 14.7. The third kappa shape index (κ3) is 4.09. The Hall–Kier alpha value is -0.380. The van der Waals surface area contributed by atoms with Gasteiger partial charge in [0.15, 0.2) is 0 Å². The second kappa shape index (κ2) is 5.98. The summed E-state index contributed by atoms with van der Waals surface area (Å²) in [6.45, 7) is 6.26. The Morgan fingerprint density at radius 2 is 2.06 bits per heavy atom. The number of nitrogens with two attached hydrogens (primary N) is 1. The SMILES string of the molecule is COC(C)(C)CCC(N)c1cccc(C)c1Br. The fourth-order valence-electron chi connectivity index (χ4n) is 1.72. The van der Waals surface area contributed by atoms with E-state index in [4.69, 9.17) is 10.5 Å². The van der Waals surface area contributed by atoms with Crippen molar-refractivity contribution >= 4 is 15.9 Å². The standard InChI is InChI=1S/C14H22BrNO/c1-10-6-5-7-11(13(10)15)12(16)8-9-14(2,3)17-4/h5-7,12H,8-9,16H2,1-4H3. The summed E-state index contributed by atoms with van der Waals surface area (Å²) in [5.74, 6) is 0. The van der Waals surface area contributed by atoms with E-state index in [0.29, 0.717) is 0 Å². The molecule has 0 aliphatic heterocycles. The van der Waals surface area contributed by atoms with Crippen LogP contribution in [0.5, 0.6) is 0 Å². The molecule has 3 heteroatoms. The van der Waals surface area contributed by atoms with Crippen LogP contribution in [0.1, 0.15) is 43.9 Å². The Labute approximate surface area is 113 Å². The number of aryl methyl sites for hydroxylation is 1. The van der Waals surface area contributed by atoms with Crippen LogP contribution in [-0.4, -0.2) is 12.7 Å². The molecule has 1 atom stereocenters. The molecular weight excluding hydrogens is 278 g/mol. The Kier molecular flexibility index (Phi) is 5.17. The zero-order chi connectivity index (χ0) is 13.1. The quantitative estimate of drug-likeness (QED) is 0.893. The van der Waals surface area contributed by atoms with Crippen LogP contribution in [0.25, 0.3) is 0 Å². The van der Waals surface area contributed by atoms with Gasteiger partial charge < -0.3 is 10.5 Å². The van der Waals surface area contributed by atoms with Crippen molar-refractivity contribution in [1.82, 2.24) is 0 Å². The minimum absolute atomic E-state index is 0.0544. The molecule has 0 saturated carbocycles. The molecule has 0 saturated heterocycles. The molecule has 0 aliphatic carbocycles. The molecule has 2 N–H and O–H groups in total. The van der Waals surface area contributed by atoms with Crippen molar-refractivity contribution < 1.29 is 4.74 Å². The highest BCUT2D eigenvalue weighted by molar-refractivity contribution is 9.10. The normalized spacial score (nSPS) is 13.8. The molecule has 1 unspecified atom stereocenters. The number of ether oxygens (including phenoxy) is 1. The van der Waals surface area contributed by atoms with Gasteiger partial charge >= 0.3 is 0 Å². The highest BCUT2D eigenvalue weighted by atomic mass is 79.9. The van der Waals surface area contributed by atoms with Gasteiger partial charge in [0.25, 0.3) is 0 Å². The highest BCUT2D eigenvalue weighted by Crippen LogP contribution is 2.29. The Balaban J connectivity index is 2.71. The van der Waals surface area contributed by atoms with Gasteiger partial charge in [0.05, 0.1) is 5.60 Å². The van der Waals surface area contributed by atoms with Gasteiger partial charge in [-0.2, -0.15) is 0 Å². The van der Waals surface area contributed by atoms with E-state index in [9.17, 15) is 0 Å². The summed E-state index contributed by atoms with van der Waals surface area (Å²) < 4.78 is 6.54. The van der Waals surface area contributed by atoms with E-state index in [-0.39, 0.29) is 11.6 Å². The van der Waals surface area contributed by atoms with Gasteiger partial charge in [-0.3, -0.25) is 0 Å². The average molecular weight is 300 g/mol. The number of hydrogen-bond donors (Lipinski definition) is 1. The van der Waals surface area contributed by atoms with Gasteiger partial charge in [-0.25, -0.2) is 0 Å². The van der Waals surface area contributed by atoms with E-state index >= 15 is 0 Å². The summed E-state index contributed by atoms with van der Waals surface area (Å²) in [5.41, 5.74) is 8.54. The van der Waals surface area contributed by atoms with Crippen molar-refractivity contribution in [3.05, 3.63) is 33.8 Å². The topological polar surface area (TPSA) is 35.2 Å². The van der Waals surface area contributed by atoms with Crippen molar-refractivity contribution in [2.24, 2.45) is 5.73 Å². The maximum atomic E-state index is 6.24. The Morgan fingerprint density at radius 1 is 1.41 bits per heavy atom. The molecule has 0 radical (unpaired) electrons. The van der Waals surface area contributed by atoms with E-state index in [1.165, 1.54) is 11.1 Å². The van der Waals surface area contributed by atoms with Crippen LogP contribution < -0.4 is 5.73 Å². The van der Waals surface area contributed by atoms with Crippen LogP contribution in [0.15, 0.2) is 22.7 Å². The van der Waals surface area contributed by atoms with Crippen LogP contribution in [0.3, 0.4) is 0 Å². The fraction of sp³-hybridized carbons (Fsp3) is 0.571. The number of benzene rings is 1.